The highest BCUT2D eigenvalue weighted by molar-refractivity contribution is 6.33. The van der Waals surface area contributed by atoms with Gasteiger partial charge in [-0.1, -0.05) is 36.7 Å². The Morgan fingerprint density at radius 2 is 1.58 bits per heavy atom. The molecule has 36 heavy (non-hydrogen) atoms. The second kappa shape index (κ2) is 12.5. The number of benzene rings is 3. The van der Waals surface area contributed by atoms with Crippen LogP contribution in [0.15, 0.2) is 66.7 Å². The standard InChI is InChI=1S/C13H16ClNO3.C13H9N3O2/c1-4-12(16)15-11-7-9(5-6-10(11)14)13(17)18-8(2)3;17-13(18-10-4-2-1-3-5-10)9-6-7-11-12(8-9)15-16-14-11/h5-8H,4H2,1-3H3,(H,15,16);1-8H,(H,14,15,16). The smallest absolute Gasteiger partial charge is 0.343 e. The molecule has 0 saturated heterocycles. The van der Waals surface area contributed by atoms with Crippen molar-refractivity contribution >= 4 is 46.2 Å². The van der Waals surface area contributed by atoms with Crippen molar-refractivity contribution in [2.75, 3.05) is 5.32 Å². The molecule has 10 heteroatoms. The third kappa shape index (κ3) is 7.38. The van der Waals surface area contributed by atoms with Crippen LogP contribution in [-0.2, 0) is 9.53 Å². The Balaban J connectivity index is 0.000000201. The van der Waals surface area contributed by atoms with E-state index in [1.54, 1.807) is 63.2 Å². The highest BCUT2D eigenvalue weighted by atomic mass is 35.5. The van der Waals surface area contributed by atoms with Gasteiger partial charge in [-0.15, -0.1) is 0 Å². The minimum atomic E-state index is -0.436. The summed E-state index contributed by atoms with van der Waals surface area (Å²) in [5.41, 5.74) is 2.57. The largest absolute Gasteiger partial charge is 0.459 e. The zero-order chi connectivity index (χ0) is 26.1. The van der Waals surface area contributed by atoms with E-state index in [9.17, 15) is 14.4 Å². The fraction of sp³-hybridized carbons (Fsp3) is 0.192. The van der Waals surface area contributed by atoms with Gasteiger partial charge in [0.2, 0.25) is 5.91 Å². The molecular weight excluding hydrogens is 484 g/mol. The number of esters is 2. The average molecular weight is 509 g/mol. The Hall–Kier alpha value is -4.24. The Labute approximate surface area is 212 Å². The summed E-state index contributed by atoms with van der Waals surface area (Å²) in [6, 6.07) is 18.6. The van der Waals surface area contributed by atoms with Crippen LogP contribution in [0.25, 0.3) is 11.0 Å². The highest BCUT2D eigenvalue weighted by Crippen LogP contribution is 2.24. The number of anilines is 1. The first-order valence-electron chi connectivity index (χ1n) is 11.1. The lowest BCUT2D eigenvalue weighted by Crippen LogP contribution is -2.13. The van der Waals surface area contributed by atoms with Gasteiger partial charge in [-0.05, 0) is 62.4 Å². The fourth-order valence-corrected chi connectivity index (χ4v) is 3.06. The van der Waals surface area contributed by atoms with Gasteiger partial charge in [0.15, 0.2) is 0 Å². The zero-order valence-corrected chi connectivity index (χ0v) is 20.7. The van der Waals surface area contributed by atoms with Crippen LogP contribution in [0.3, 0.4) is 0 Å². The molecule has 0 fully saturated rings. The van der Waals surface area contributed by atoms with Gasteiger partial charge in [-0.2, -0.15) is 15.4 Å². The van der Waals surface area contributed by atoms with E-state index >= 15 is 0 Å². The minimum Gasteiger partial charge on any atom is -0.459 e. The lowest BCUT2D eigenvalue weighted by Gasteiger charge is -2.10. The van der Waals surface area contributed by atoms with Crippen molar-refractivity contribution in [3.63, 3.8) is 0 Å². The van der Waals surface area contributed by atoms with Gasteiger partial charge in [0.1, 0.15) is 16.8 Å². The molecule has 0 atom stereocenters. The molecule has 1 heterocycles. The first-order chi connectivity index (χ1) is 17.3. The van der Waals surface area contributed by atoms with Crippen molar-refractivity contribution in [1.29, 1.82) is 0 Å². The van der Waals surface area contributed by atoms with E-state index in [1.807, 2.05) is 18.2 Å². The number of fused-ring (bicyclic) bond motifs is 1. The first kappa shape index (κ1) is 26.4. The summed E-state index contributed by atoms with van der Waals surface area (Å²) in [5.74, 6) is -0.492. The molecule has 0 spiro atoms. The van der Waals surface area contributed by atoms with Crippen molar-refractivity contribution in [3.05, 3.63) is 82.9 Å². The van der Waals surface area contributed by atoms with E-state index in [4.69, 9.17) is 21.1 Å². The third-order valence-corrected chi connectivity index (χ3v) is 4.98. The van der Waals surface area contributed by atoms with Crippen molar-refractivity contribution in [2.24, 2.45) is 0 Å². The van der Waals surface area contributed by atoms with Crippen LogP contribution in [-0.4, -0.2) is 39.4 Å². The SMILES string of the molecule is CCC(=O)Nc1cc(C(=O)OC(C)C)ccc1Cl.O=C(Oc1ccccc1)c1ccc2n[nH]nc2c1. The second-order valence-electron chi connectivity index (χ2n) is 7.78. The van der Waals surface area contributed by atoms with E-state index in [2.05, 4.69) is 20.7 Å². The number of H-pyrrole nitrogens is 1. The summed E-state index contributed by atoms with van der Waals surface area (Å²) in [4.78, 5) is 34.9. The van der Waals surface area contributed by atoms with Crippen molar-refractivity contribution in [1.82, 2.24) is 15.4 Å². The topological polar surface area (TPSA) is 123 Å². The Morgan fingerprint density at radius 1 is 0.917 bits per heavy atom. The molecule has 4 rings (SSSR count). The number of aromatic amines is 1. The van der Waals surface area contributed by atoms with Gasteiger partial charge in [0.05, 0.1) is 27.9 Å². The van der Waals surface area contributed by atoms with Crippen LogP contribution in [0.5, 0.6) is 5.75 Å². The Kier molecular flexibility index (Phi) is 9.13. The van der Waals surface area contributed by atoms with E-state index in [0.29, 0.717) is 45.0 Å². The molecule has 0 bridgehead atoms. The number of para-hydroxylation sites is 1. The number of nitrogens with zero attached hydrogens (tertiary/aromatic N) is 2. The summed E-state index contributed by atoms with van der Waals surface area (Å²) in [5, 5.41) is 13.4. The summed E-state index contributed by atoms with van der Waals surface area (Å²) in [6.45, 7) is 5.28. The van der Waals surface area contributed by atoms with Gasteiger partial charge in [-0.25, -0.2) is 9.59 Å². The summed E-state index contributed by atoms with van der Waals surface area (Å²) in [7, 11) is 0. The molecule has 1 amide bonds. The lowest BCUT2D eigenvalue weighted by molar-refractivity contribution is -0.115. The highest BCUT2D eigenvalue weighted by Gasteiger charge is 2.13. The van der Waals surface area contributed by atoms with Crippen LogP contribution in [0, 0.1) is 0 Å². The van der Waals surface area contributed by atoms with E-state index < -0.39 is 11.9 Å². The number of aromatic nitrogens is 3. The third-order valence-electron chi connectivity index (χ3n) is 4.65. The van der Waals surface area contributed by atoms with E-state index in [1.165, 1.54) is 6.07 Å². The maximum atomic E-state index is 11.9. The lowest BCUT2D eigenvalue weighted by atomic mass is 10.2. The maximum absolute atomic E-state index is 11.9. The molecule has 0 aliphatic heterocycles. The second-order valence-corrected chi connectivity index (χ2v) is 8.19. The van der Waals surface area contributed by atoms with Crippen LogP contribution in [0.4, 0.5) is 5.69 Å². The maximum Gasteiger partial charge on any atom is 0.343 e. The van der Waals surface area contributed by atoms with Crippen LogP contribution in [0.2, 0.25) is 5.02 Å². The molecule has 0 unspecified atom stereocenters. The molecular formula is C26H25ClN4O5. The van der Waals surface area contributed by atoms with Crippen LogP contribution in [0.1, 0.15) is 47.9 Å². The monoisotopic (exact) mass is 508 g/mol. The summed E-state index contributed by atoms with van der Waals surface area (Å²) in [6.07, 6.45) is 0.152. The van der Waals surface area contributed by atoms with Gasteiger partial charge in [0, 0.05) is 6.42 Å². The molecule has 4 aromatic rings. The summed E-state index contributed by atoms with van der Waals surface area (Å²) < 4.78 is 10.3. The van der Waals surface area contributed by atoms with E-state index in [0.717, 1.165) is 0 Å². The molecule has 1 aromatic heterocycles. The van der Waals surface area contributed by atoms with Crippen molar-refractivity contribution in [3.8, 4) is 5.75 Å². The number of rotatable bonds is 6. The number of hydrogen-bond donors (Lipinski definition) is 2. The van der Waals surface area contributed by atoms with Gasteiger partial charge >= 0.3 is 11.9 Å². The van der Waals surface area contributed by atoms with E-state index in [-0.39, 0.29) is 12.0 Å². The number of halogens is 1. The molecule has 3 aromatic carbocycles. The zero-order valence-electron chi connectivity index (χ0n) is 19.9. The molecule has 9 nitrogen and oxygen atoms in total. The molecule has 0 radical (unpaired) electrons. The molecule has 0 saturated carbocycles. The first-order valence-corrected chi connectivity index (χ1v) is 11.5. The van der Waals surface area contributed by atoms with Gasteiger partial charge in [-0.3, -0.25) is 4.79 Å². The number of amides is 1. The molecule has 186 valence electrons. The average Bonchev–Trinajstić information content (AvgIpc) is 3.34. The molecule has 2 N–H and O–H groups in total. The predicted octanol–water partition coefficient (Wildman–Crippen LogP) is 5.43. The summed E-state index contributed by atoms with van der Waals surface area (Å²) >= 11 is 5.94. The molecule has 0 aliphatic carbocycles. The van der Waals surface area contributed by atoms with Crippen LogP contribution < -0.4 is 10.1 Å². The number of nitrogens with one attached hydrogen (secondary N) is 2. The fourth-order valence-electron chi connectivity index (χ4n) is 2.89. The number of ether oxygens (including phenoxy) is 2. The predicted molar refractivity (Wildman–Crippen MR) is 136 cm³/mol. The van der Waals surface area contributed by atoms with Crippen LogP contribution >= 0.6 is 11.6 Å². The van der Waals surface area contributed by atoms with Gasteiger partial charge in [0.25, 0.3) is 0 Å². The minimum absolute atomic E-state index is 0.161. The van der Waals surface area contributed by atoms with Crippen molar-refractivity contribution < 1.29 is 23.9 Å². The molecule has 0 aliphatic rings. The number of carbonyl (C=O) groups is 3. The van der Waals surface area contributed by atoms with Gasteiger partial charge < -0.3 is 14.8 Å². The van der Waals surface area contributed by atoms with Crippen molar-refractivity contribution in [2.45, 2.75) is 33.3 Å². The number of hydrogen-bond acceptors (Lipinski definition) is 7. The normalized spacial score (nSPS) is 10.4. The quantitative estimate of drug-likeness (QED) is 0.263. The Morgan fingerprint density at radius 3 is 2.28 bits per heavy atom. The Bertz CT molecular complexity index is 1350. The number of carbonyl (C=O) groups excluding carboxylic acids is 3.